The minimum Gasteiger partial charge on any atom is -0.284 e. The highest BCUT2D eigenvalue weighted by molar-refractivity contribution is 8.18. The fourth-order valence-electron chi connectivity index (χ4n) is 2.72. The molecule has 0 spiro atoms. The van der Waals surface area contributed by atoms with Crippen molar-refractivity contribution in [3.63, 3.8) is 0 Å². The summed E-state index contributed by atoms with van der Waals surface area (Å²) >= 11 is 9.10. The summed E-state index contributed by atoms with van der Waals surface area (Å²) in [6, 6.07) is 16.1. The topological polar surface area (TPSA) is 32.7 Å². The van der Waals surface area contributed by atoms with E-state index in [0.29, 0.717) is 4.91 Å². The van der Waals surface area contributed by atoms with Crippen molar-refractivity contribution in [1.29, 1.82) is 0 Å². The second-order valence-electron chi connectivity index (χ2n) is 6.98. The van der Waals surface area contributed by atoms with Crippen LogP contribution >= 0.6 is 35.1 Å². The lowest BCUT2D eigenvalue weighted by molar-refractivity contribution is -0.123. The van der Waals surface area contributed by atoms with Crippen molar-refractivity contribution in [3.05, 3.63) is 64.0 Å². The molecule has 0 radical (unpaired) electrons. The van der Waals surface area contributed by atoms with Gasteiger partial charge in [-0.3, -0.25) is 14.7 Å². The Morgan fingerprint density at radius 3 is 2.39 bits per heavy atom. The predicted molar refractivity (Wildman–Crippen MR) is 122 cm³/mol. The van der Waals surface area contributed by atoms with Crippen LogP contribution in [0.25, 0.3) is 6.08 Å². The van der Waals surface area contributed by atoms with Crippen molar-refractivity contribution < 1.29 is 4.79 Å². The molecule has 146 valence electrons. The smallest absolute Gasteiger partial charge is 0.266 e. The highest BCUT2D eigenvalue weighted by Gasteiger charge is 2.35. The van der Waals surface area contributed by atoms with E-state index in [-0.39, 0.29) is 18.0 Å². The molecule has 3 rings (SSSR count). The molecule has 0 saturated carbocycles. The number of amides is 1. The number of aliphatic imine (C=N–C) groups is 1. The first kappa shape index (κ1) is 21.0. The Bertz CT molecular complexity index is 920. The molecule has 1 saturated heterocycles. The third-order valence-electron chi connectivity index (χ3n) is 3.97. The highest BCUT2D eigenvalue weighted by Crippen LogP contribution is 2.37. The van der Waals surface area contributed by atoms with Gasteiger partial charge in [0.25, 0.3) is 5.91 Å². The third-order valence-corrected chi connectivity index (χ3v) is 6.32. The molecule has 1 fully saturated rings. The van der Waals surface area contributed by atoms with Gasteiger partial charge in [0.15, 0.2) is 5.17 Å². The molecule has 2 aromatic carbocycles. The normalized spacial score (nSPS) is 17.5. The first-order valence-corrected chi connectivity index (χ1v) is 11.2. The van der Waals surface area contributed by atoms with Crippen LogP contribution in [0.5, 0.6) is 0 Å². The molecule has 0 aliphatic carbocycles. The van der Waals surface area contributed by atoms with E-state index in [2.05, 4.69) is 11.1 Å². The van der Waals surface area contributed by atoms with Crippen LogP contribution in [0.15, 0.2) is 68.2 Å². The van der Waals surface area contributed by atoms with Gasteiger partial charge in [-0.1, -0.05) is 41.6 Å². The van der Waals surface area contributed by atoms with E-state index in [1.807, 2.05) is 76.2 Å². The number of carbonyl (C=O) groups is 1. The molecule has 0 atom stereocenters. The molecule has 1 heterocycles. The maximum absolute atomic E-state index is 13.0. The van der Waals surface area contributed by atoms with Crippen LogP contribution in [-0.4, -0.2) is 28.1 Å². The molecule has 0 aromatic heterocycles. The van der Waals surface area contributed by atoms with Crippen LogP contribution in [0.2, 0.25) is 5.02 Å². The Labute approximate surface area is 180 Å². The number of rotatable bonds is 5. The number of hydrogen-bond acceptors (Lipinski definition) is 4. The lowest BCUT2D eigenvalue weighted by atomic mass is 10.2. The predicted octanol–water partition coefficient (Wildman–Crippen LogP) is 6.58. The van der Waals surface area contributed by atoms with Crippen LogP contribution in [0.4, 0.5) is 0 Å². The second-order valence-corrected chi connectivity index (χ2v) is 9.54. The van der Waals surface area contributed by atoms with Gasteiger partial charge in [0.2, 0.25) is 0 Å². The molecule has 28 heavy (non-hydrogen) atoms. The summed E-state index contributed by atoms with van der Waals surface area (Å²) in [5.41, 5.74) is 1.02. The van der Waals surface area contributed by atoms with Crippen LogP contribution in [0, 0.1) is 0 Å². The Balaban J connectivity index is 1.93. The van der Waals surface area contributed by atoms with E-state index < -0.39 is 0 Å². The maximum atomic E-state index is 13.0. The Morgan fingerprint density at radius 1 is 1.07 bits per heavy atom. The highest BCUT2D eigenvalue weighted by atomic mass is 35.5. The number of benzene rings is 2. The quantitative estimate of drug-likeness (QED) is 0.502. The molecule has 3 nitrogen and oxygen atoms in total. The fraction of sp³-hybridized carbons (Fsp3) is 0.273. The molecular formula is C22H23ClN2OS2. The summed E-state index contributed by atoms with van der Waals surface area (Å²) in [5.74, 6) is 0.0192. The minimum atomic E-state index is 0.0192. The van der Waals surface area contributed by atoms with E-state index in [1.54, 1.807) is 16.7 Å². The Morgan fingerprint density at radius 2 is 1.75 bits per heavy atom. The average molecular weight is 431 g/mol. The number of nitrogens with zero attached hydrogens (tertiary/aromatic N) is 2. The van der Waals surface area contributed by atoms with Crippen molar-refractivity contribution >= 4 is 52.3 Å². The average Bonchev–Trinajstić information content (AvgIpc) is 2.93. The molecule has 0 N–H and O–H groups in total. The van der Waals surface area contributed by atoms with Crippen molar-refractivity contribution in [3.8, 4) is 0 Å². The zero-order chi connectivity index (χ0) is 20.3. The summed E-state index contributed by atoms with van der Waals surface area (Å²) < 4.78 is 0. The molecule has 0 bridgehead atoms. The van der Waals surface area contributed by atoms with Crippen LogP contribution in [0.3, 0.4) is 0 Å². The van der Waals surface area contributed by atoms with Crippen molar-refractivity contribution in [2.45, 2.75) is 49.6 Å². The molecule has 2 aromatic rings. The lowest BCUT2D eigenvalue weighted by Gasteiger charge is -2.20. The summed E-state index contributed by atoms with van der Waals surface area (Å²) in [6.45, 7) is 8.08. The van der Waals surface area contributed by atoms with Crippen LogP contribution in [-0.2, 0) is 4.79 Å². The molecule has 1 aliphatic rings. The monoisotopic (exact) mass is 430 g/mol. The number of carbonyl (C=O) groups excluding carboxylic acids is 1. The van der Waals surface area contributed by atoms with E-state index in [9.17, 15) is 4.79 Å². The number of amidine groups is 1. The van der Waals surface area contributed by atoms with Gasteiger partial charge in [-0.15, -0.1) is 0 Å². The SMILES string of the molecule is CC(C)N=C1S/C(=C\c2ccccc2Sc2ccc(Cl)cc2)C(=O)N1C(C)C. The van der Waals surface area contributed by atoms with Gasteiger partial charge >= 0.3 is 0 Å². The molecule has 1 aliphatic heterocycles. The number of hydrogen-bond donors (Lipinski definition) is 0. The van der Waals surface area contributed by atoms with Crippen LogP contribution < -0.4 is 0 Å². The summed E-state index contributed by atoms with van der Waals surface area (Å²) in [5, 5.41) is 1.50. The van der Waals surface area contributed by atoms with Gasteiger partial charge < -0.3 is 0 Å². The summed E-state index contributed by atoms with van der Waals surface area (Å²) in [6.07, 6.45) is 1.98. The summed E-state index contributed by atoms with van der Waals surface area (Å²) in [4.78, 5) is 22.3. The number of thioether (sulfide) groups is 1. The minimum absolute atomic E-state index is 0.0192. The summed E-state index contributed by atoms with van der Waals surface area (Å²) in [7, 11) is 0. The van der Waals surface area contributed by atoms with Gasteiger partial charge in [-0.2, -0.15) is 0 Å². The van der Waals surface area contributed by atoms with Crippen LogP contribution in [0.1, 0.15) is 33.3 Å². The molecule has 0 unspecified atom stereocenters. The maximum Gasteiger partial charge on any atom is 0.266 e. The first-order chi connectivity index (χ1) is 13.3. The Kier molecular flexibility index (Phi) is 6.91. The Hall–Kier alpha value is -1.69. The van der Waals surface area contributed by atoms with E-state index in [1.165, 1.54) is 11.8 Å². The van der Waals surface area contributed by atoms with E-state index >= 15 is 0 Å². The fourth-order valence-corrected chi connectivity index (χ4v) is 4.98. The molecule has 1 amide bonds. The van der Waals surface area contributed by atoms with Gasteiger partial charge in [-0.25, -0.2) is 0 Å². The second kappa shape index (κ2) is 9.21. The van der Waals surface area contributed by atoms with Gasteiger partial charge in [0, 0.05) is 26.9 Å². The van der Waals surface area contributed by atoms with E-state index in [0.717, 1.165) is 25.5 Å². The van der Waals surface area contributed by atoms with Crippen molar-refractivity contribution in [2.24, 2.45) is 4.99 Å². The lowest BCUT2D eigenvalue weighted by Crippen LogP contribution is -2.35. The largest absolute Gasteiger partial charge is 0.284 e. The van der Waals surface area contributed by atoms with Gasteiger partial charge in [0.1, 0.15) is 0 Å². The first-order valence-electron chi connectivity index (χ1n) is 9.18. The van der Waals surface area contributed by atoms with Gasteiger partial charge in [-0.05, 0) is 81.4 Å². The number of halogens is 1. The zero-order valence-electron chi connectivity index (χ0n) is 16.3. The molecule has 6 heteroatoms. The third kappa shape index (κ3) is 5.02. The zero-order valence-corrected chi connectivity index (χ0v) is 18.7. The standard InChI is InChI=1S/C22H23ClN2OS2/c1-14(2)24-22-25(15(3)4)21(26)20(28-22)13-16-7-5-6-8-19(16)27-18-11-9-17(23)10-12-18/h5-15H,1-4H3/b20-13-,24-22?. The van der Waals surface area contributed by atoms with Crippen molar-refractivity contribution in [2.75, 3.05) is 0 Å². The van der Waals surface area contributed by atoms with Crippen molar-refractivity contribution in [1.82, 2.24) is 4.90 Å². The van der Waals surface area contributed by atoms with E-state index in [4.69, 9.17) is 11.6 Å². The molecular weight excluding hydrogens is 408 g/mol. The van der Waals surface area contributed by atoms with Gasteiger partial charge in [0.05, 0.1) is 4.91 Å².